The number of hydrogen-bond acceptors (Lipinski definition) is 4. The zero-order valence-corrected chi connectivity index (χ0v) is 13.8. The van der Waals surface area contributed by atoms with Crippen LogP contribution < -0.4 is 5.32 Å². The van der Waals surface area contributed by atoms with E-state index < -0.39 is 30.5 Å². The predicted octanol–water partition coefficient (Wildman–Crippen LogP) is 2.10. The average molecular weight is 336 g/mol. The van der Waals surface area contributed by atoms with E-state index in [0.717, 1.165) is 0 Å². The maximum atomic E-state index is 12.5. The van der Waals surface area contributed by atoms with Crippen molar-refractivity contribution >= 4 is 17.7 Å². The summed E-state index contributed by atoms with van der Waals surface area (Å²) in [7, 11) is 0. The summed E-state index contributed by atoms with van der Waals surface area (Å²) in [6.45, 7) is 3.68. The molecule has 0 aliphatic carbocycles. The quantitative estimate of drug-likeness (QED) is 0.738. The fourth-order valence-corrected chi connectivity index (χ4v) is 2.30. The van der Waals surface area contributed by atoms with Crippen LogP contribution in [0.25, 0.3) is 0 Å². The van der Waals surface area contributed by atoms with E-state index in [2.05, 4.69) is 5.32 Å². The smallest absolute Gasteiger partial charge is 0.285 e. The maximum Gasteiger partial charge on any atom is 0.285 e. The van der Waals surface area contributed by atoms with E-state index in [-0.39, 0.29) is 29.9 Å². The Kier molecular flexibility index (Phi) is 6.03. The molecule has 0 unspecified atom stereocenters. The molecule has 1 N–H and O–H groups in total. The molecule has 1 aliphatic heterocycles. The molecule has 1 aromatic carbocycles. The number of nitrogens with one attached hydrogen (secondary N) is 1. The Labute approximate surface area is 139 Å². The van der Waals surface area contributed by atoms with Gasteiger partial charge in [-0.05, 0) is 30.9 Å². The van der Waals surface area contributed by atoms with E-state index in [4.69, 9.17) is 4.84 Å². The highest BCUT2D eigenvalue weighted by molar-refractivity contribution is 6.20. The molecule has 130 valence electrons. The number of amides is 3. The van der Waals surface area contributed by atoms with E-state index >= 15 is 0 Å². The Morgan fingerprint density at radius 1 is 1.21 bits per heavy atom. The molecule has 7 heteroatoms. The van der Waals surface area contributed by atoms with Crippen molar-refractivity contribution in [3.8, 4) is 0 Å². The first-order chi connectivity index (χ1) is 11.5. The SMILES string of the molecule is CC(C)CNC(=O)[C@@H](CCCF)ON1C(=O)c2ccccc2C1=O. The van der Waals surface area contributed by atoms with E-state index in [1.54, 1.807) is 12.1 Å². The second-order valence-corrected chi connectivity index (χ2v) is 6.01. The van der Waals surface area contributed by atoms with Gasteiger partial charge in [0.15, 0.2) is 6.10 Å². The molecular weight excluding hydrogens is 315 g/mol. The molecule has 0 radical (unpaired) electrons. The molecule has 0 saturated heterocycles. The lowest BCUT2D eigenvalue weighted by atomic mass is 10.1. The molecule has 1 aliphatic rings. The first-order valence-corrected chi connectivity index (χ1v) is 7.94. The van der Waals surface area contributed by atoms with Gasteiger partial charge in [0.1, 0.15) is 0 Å². The standard InChI is InChI=1S/C17H21FN2O4/c1-11(2)10-19-15(21)14(8-5-9-18)24-20-16(22)12-6-3-4-7-13(12)17(20)23/h3-4,6-7,11,14H,5,8-10H2,1-2H3,(H,19,21)/t14-/m1/s1. The molecular formula is C17H21FN2O4. The zero-order valence-electron chi connectivity index (χ0n) is 13.8. The fraction of sp³-hybridized carbons (Fsp3) is 0.471. The van der Waals surface area contributed by atoms with Gasteiger partial charge in [-0.3, -0.25) is 18.8 Å². The minimum atomic E-state index is -1.10. The number of fused-ring (bicyclic) bond motifs is 1. The van der Waals surface area contributed by atoms with Gasteiger partial charge in [-0.1, -0.05) is 26.0 Å². The number of benzene rings is 1. The van der Waals surface area contributed by atoms with Gasteiger partial charge in [-0.2, -0.15) is 0 Å². The third-order valence-electron chi connectivity index (χ3n) is 3.57. The highest BCUT2D eigenvalue weighted by Crippen LogP contribution is 2.24. The molecule has 24 heavy (non-hydrogen) atoms. The molecule has 0 saturated carbocycles. The number of carbonyl (C=O) groups excluding carboxylic acids is 3. The number of carbonyl (C=O) groups is 3. The van der Waals surface area contributed by atoms with Gasteiger partial charge in [-0.25, -0.2) is 4.84 Å². The van der Waals surface area contributed by atoms with Gasteiger partial charge in [-0.15, -0.1) is 5.06 Å². The minimum Gasteiger partial charge on any atom is -0.354 e. The van der Waals surface area contributed by atoms with Crippen LogP contribution in [-0.4, -0.2) is 42.1 Å². The van der Waals surface area contributed by atoms with Crippen LogP contribution in [0.5, 0.6) is 0 Å². The molecule has 0 fully saturated rings. The topological polar surface area (TPSA) is 75.7 Å². The summed E-state index contributed by atoms with van der Waals surface area (Å²) in [5, 5.41) is 3.28. The summed E-state index contributed by atoms with van der Waals surface area (Å²) >= 11 is 0. The predicted molar refractivity (Wildman–Crippen MR) is 84.9 cm³/mol. The summed E-state index contributed by atoms with van der Waals surface area (Å²) in [4.78, 5) is 42.1. The first-order valence-electron chi connectivity index (χ1n) is 7.94. The van der Waals surface area contributed by atoms with Crippen LogP contribution in [0.2, 0.25) is 0 Å². The molecule has 1 heterocycles. The second-order valence-electron chi connectivity index (χ2n) is 6.01. The first kappa shape index (κ1) is 18.1. The van der Waals surface area contributed by atoms with Gasteiger partial charge in [0.25, 0.3) is 17.7 Å². The summed E-state index contributed by atoms with van der Waals surface area (Å²) < 4.78 is 12.5. The number of nitrogens with zero attached hydrogens (tertiary/aromatic N) is 1. The van der Waals surface area contributed by atoms with Crippen LogP contribution in [0.3, 0.4) is 0 Å². The van der Waals surface area contributed by atoms with Crippen LogP contribution in [0.15, 0.2) is 24.3 Å². The lowest BCUT2D eigenvalue weighted by molar-refractivity contribution is -0.161. The second kappa shape index (κ2) is 8.01. The molecule has 1 atom stereocenters. The monoisotopic (exact) mass is 336 g/mol. The van der Waals surface area contributed by atoms with Crippen molar-refractivity contribution in [2.45, 2.75) is 32.8 Å². The van der Waals surface area contributed by atoms with Gasteiger partial charge in [0, 0.05) is 6.54 Å². The Bertz CT molecular complexity index is 598. The highest BCUT2D eigenvalue weighted by atomic mass is 19.1. The Hall–Kier alpha value is -2.28. The van der Waals surface area contributed by atoms with Crippen molar-refractivity contribution in [3.05, 3.63) is 35.4 Å². The molecule has 3 amide bonds. The van der Waals surface area contributed by atoms with Gasteiger partial charge in [0.2, 0.25) is 0 Å². The van der Waals surface area contributed by atoms with Crippen LogP contribution in [0.4, 0.5) is 4.39 Å². The third kappa shape index (κ3) is 3.97. The fourth-order valence-electron chi connectivity index (χ4n) is 2.30. The van der Waals surface area contributed by atoms with Crippen molar-refractivity contribution in [1.29, 1.82) is 0 Å². The van der Waals surface area contributed by atoms with Crippen LogP contribution in [0.1, 0.15) is 47.4 Å². The number of imide groups is 1. The molecule has 0 spiro atoms. The molecule has 6 nitrogen and oxygen atoms in total. The molecule has 0 aromatic heterocycles. The van der Waals surface area contributed by atoms with Gasteiger partial charge >= 0.3 is 0 Å². The van der Waals surface area contributed by atoms with Gasteiger partial charge < -0.3 is 5.32 Å². The summed E-state index contributed by atoms with van der Waals surface area (Å²) in [6.07, 6.45) is -0.918. The van der Waals surface area contributed by atoms with E-state index in [1.807, 2.05) is 13.8 Å². The van der Waals surface area contributed by atoms with Crippen molar-refractivity contribution in [2.24, 2.45) is 5.92 Å². The Morgan fingerprint density at radius 2 is 1.79 bits per heavy atom. The third-order valence-corrected chi connectivity index (χ3v) is 3.57. The number of halogens is 1. The summed E-state index contributed by atoms with van der Waals surface area (Å²) in [5.74, 6) is -1.46. The number of hydroxylamine groups is 2. The molecule has 0 bridgehead atoms. The summed E-state index contributed by atoms with van der Waals surface area (Å²) in [5.41, 5.74) is 0.462. The highest BCUT2D eigenvalue weighted by Gasteiger charge is 2.39. The normalized spacial score (nSPS) is 14.9. The average Bonchev–Trinajstić information content (AvgIpc) is 2.81. The lowest BCUT2D eigenvalue weighted by Gasteiger charge is -2.22. The van der Waals surface area contributed by atoms with Crippen LogP contribution >= 0.6 is 0 Å². The van der Waals surface area contributed by atoms with E-state index in [0.29, 0.717) is 11.6 Å². The number of rotatable bonds is 8. The lowest BCUT2D eigenvalue weighted by Crippen LogP contribution is -2.44. The summed E-state index contributed by atoms with van der Waals surface area (Å²) in [6, 6.07) is 6.33. The van der Waals surface area contributed by atoms with Crippen molar-refractivity contribution < 1.29 is 23.6 Å². The Balaban J connectivity index is 2.10. The minimum absolute atomic E-state index is 0.0772. The Morgan fingerprint density at radius 3 is 2.29 bits per heavy atom. The maximum absolute atomic E-state index is 12.5. The van der Waals surface area contributed by atoms with E-state index in [9.17, 15) is 18.8 Å². The van der Waals surface area contributed by atoms with Crippen LogP contribution in [-0.2, 0) is 9.63 Å². The molecule has 1 aromatic rings. The number of hydrogen-bond donors (Lipinski definition) is 1. The zero-order chi connectivity index (χ0) is 17.7. The number of alkyl halides is 1. The molecule has 2 rings (SSSR count). The van der Waals surface area contributed by atoms with Crippen LogP contribution in [0, 0.1) is 5.92 Å². The largest absolute Gasteiger partial charge is 0.354 e. The van der Waals surface area contributed by atoms with Gasteiger partial charge in [0.05, 0.1) is 17.8 Å². The van der Waals surface area contributed by atoms with E-state index in [1.165, 1.54) is 12.1 Å². The van der Waals surface area contributed by atoms with Crippen molar-refractivity contribution in [2.75, 3.05) is 13.2 Å². The van der Waals surface area contributed by atoms with Crippen molar-refractivity contribution in [1.82, 2.24) is 10.4 Å². The van der Waals surface area contributed by atoms with Crippen molar-refractivity contribution in [3.63, 3.8) is 0 Å².